The van der Waals surface area contributed by atoms with Gasteiger partial charge in [0, 0.05) is 30.9 Å². The molecular weight excluding hydrogens is 245 g/mol. The zero-order chi connectivity index (χ0) is 13.3. The van der Waals surface area contributed by atoms with Gasteiger partial charge >= 0.3 is 6.18 Å². The first kappa shape index (κ1) is 12.9. The zero-order valence-corrected chi connectivity index (χ0v) is 10.1. The molecule has 1 aromatic heterocycles. The lowest BCUT2D eigenvalue weighted by atomic mass is 10.0. The normalized spacial score (nSPS) is 16.8. The highest BCUT2D eigenvalue weighted by Crippen LogP contribution is 2.37. The fraction of sp³-hybridized carbons (Fsp3) is 0.417. The average molecular weight is 258 g/mol. The number of hydrogen-bond acceptors (Lipinski definition) is 3. The van der Waals surface area contributed by atoms with Crippen LogP contribution in [0.4, 0.5) is 13.2 Å². The summed E-state index contributed by atoms with van der Waals surface area (Å²) in [6.07, 6.45) is -1.39. The first-order valence-corrected chi connectivity index (χ1v) is 5.41. The van der Waals surface area contributed by atoms with Crippen molar-refractivity contribution in [2.45, 2.75) is 6.18 Å². The summed E-state index contributed by atoms with van der Waals surface area (Å²) < 4.78 is 43.7. The predicted octanol–water partition coefficient (Wildman–Crippen LogP) is 2.44. The van der Waals surface area contributed by atoms with E-state index in [2.05, 4.69) is 4.98 Å². The third-order valence-corrected chi connectivity index (χ3v) is 2.83. The number of rotatable bonds is 2. The van der Waals surface area contributed by atoms with E-state index in [-0.39, 0.29) is 11.4 Å². The Labute approximate surface area is 103 Å². The molecule has 1 aromatic rings. The fourth-order valence-corrected chi connectivity index (χ4v) is 1.92. The standard InChI is InChI=1S/C12H13F3N2O/c1-17-4-3-8(7-17)9-6-16-11(18-2)5-10(9)12(13,14)15/h3,5-6H,4,7H2,1-2H3. The molecule has 0 bridgehead atoms. The molecule has 0 N–H and O–H groups in total. The zero-order valence-electron chi connectivity index (χ0n) is 10.1. The van der Waals surface area contributed by atoms with Crippen molar-refractivity contribution in [3.63, 3.8) is 0 Å². The summed E-state index contributed by atoms with van der Waals surface area (Å²) >= 11 is 0. The second kappa shape index (κ2) is 4.61. The van der Waals surface area contributed by atoms with Crippen LogP contribution in [0.15, 0.2) is 18.3 Å². The maximum atomic E-state index is 13.0. The number of ether oxygens (including phenoxy) is 1. The second-order valence-corrected chi connectivity index (χ2v) is 4.20. The molecule has 0 aromatic carbocycles. The largest absolute Gasteiger partial charge is 0.481 e. The number of aromatic nitrogens is 1. The molecule has 0 amide bonds. The smallest absolute Gasteiger partial charge is 0.417 e. The number of likely N-dealkylation sites (N-methyl/N-ethyl adjacent to an activating group) is 1. The second-order valence-electron chi connectivity index (χ2n) is 4.20. The van der Waals surface area contributed by atoms with Gasteiger partial charge < -0.3 is 4.74 Å². The minimum Gasteiger partial charge on any atom is -0.481 e. The Hall–Kier alpha value is -1.56. The highest BCUT2D eigenvalue weighted by atomic mass is 19.4. The summed E-state index contributed by atoms with van der Waals surface area (Å²) in [5.74, 6) is -0.0296. The van der Waals surface area contributed by atoms with Crippen molar-refractivity contribution < 1.29 is 17.9 Å². The molecule has 3 nitrogen and oxygen atoms in total. The molecule has 0 saturated carbocycles. The van der Waals surface area contributed by atoms with Crippen LogP contribution in [0.3, 0.4) is 0 Å². The van der Waals surface area contributed by atoms with Gasteiger partial charge in [-0.3, -0.25) is 4.90 Å². The molecule has 0 saturated heterocycles. The Balaban J connectivity index is 2.47. The predicted molar refractivity (Wildman–Crippen MR) is 61.3 cm³/mol. The molecule has 2 rings (SSSR count). The minimum atomic E-state index is -4.41. The average Bonchev–Trinajstić information content (AvgIpc) is 2.74. The molecule has 0 radical (unpaired) electrons. The van der Waals surface area contributed by atoms with Crippen LogP contribution in [0.1, 0.15) is 11.1 Å². The first-order chi connectivity index (χ1) is 8.41. The molecule has 0 atom stereocenters. The van der Waals surface area contributed by atoms with Crippen molar-refractivity contribution in [2.24, 2.45) is 0 Å². The van der Waals surface area contributed by atoms with Gasteiger partial charge in [0.05, 0.1) is 12.7 Å². The fourth-order valence-electron chi connectivity index (χ4n) is 1.92. The lowest BCUT2D eigenvalue weighted by Gasteiger charge is -2.15. The van der Waals surface area contributed by atoms with Gasteiger partial charge in [0.1, 0.15) is 0 Å². The molecule has 0 unspecified atom stereocenters. The lowest BCUT2D eigenvalue weighted by Crippen LogP contribution is -2.15. The van der Waals surface area contributed by atoms with E-state index < -0.39 is 11.7 Å². The van der Waals surface area contributed by atoms with E-state index in [9.17, 15) is 13.2 Å². The van der Waals surface area contributed by atoms with Gasteiger partial charge in [-0.2, -0.15) is 13.2 Å². The Kier molecular flexibility index (Phi) is 3.30. The SMILES string of the molecule is COc1cc(C(F)(F)F)c(C2=CCN(C)C2)cn1. The lowest BCUT2D eigenvalue weighted by molar-refractivity contribution is -0.137. The van der Waals surface area contributed by atoms with Gasteiger partial charge in [-0.15, -0.1) is 0 Å². The summed E-state index contributed by atoms with van der Waals surface area (Å²) in [7, 11) is 3.15. The van der Waals surface area contributed by atoms with Crippen molar-refractivity contribution in [1.82, 2.24) is 9.88 Å². The molecule has 0 spiro atoms. The van der Waals surface area contributed by atoms with Crippen LogP contribution in [0, 0.1) is 0 Å². The Morgan fingerprint density at radius 2 is 2.11 bits per heavy atom. The Bertz CT molecular complexity index is 483. The van der Waals surface area contributed by atoms with Crippen molar-refractivity contribution in [3.05, 3.63) is 29.5 Å². The van der Waals surface area contributed by atoms with Crippen LogP contribution in [0.2, 0.25) is 0 Å². The monoisotopic (exact) mass is 258 g/mol. The Morgan fingerprint density at radius 3 is 2.61 bits per heavy atom. The number of hydrogen-bond donors (Lipinski definition) is 0. The molecule has 0 fully saturated rings. The maximum Gasteiger partial charge on any atom is 0.417 e. The number of nitrogens with zero attached hydrogens (tertiary/aromatic N) is 2. The Morgan fingerprint density at radius 1 is 1.39 bits per heavy atom. The number of halogens is 3. The maximum absolute atomic E-state index is 13.0. The van der Waals surface area contributed by atoms with Gasteiger partial charge in [0.2, 0.25) is 5.88 Å². The highest BCUT2D eigenvalue weighted by Gasteiger charge is 2.35. The van der Waals surface area contributed by atoms with Crippen LogP contribution >= 0.6 is 0 Å². The topological polar surface area (TPSA) is 25.4 Å². The number of pyridine rings is 1. The molecule has 1 aliphatic heterocycles. The molecule has 18 heavy (non-hydrogen) atoms. The highest BCUT2D eigenvalue weighted by molar-refractivity contribution is 5.71. The molecule has 2 heterocycles. The molecule has 6 heteroatoms. The van der Waals surface area contributed by atoms with Gasteiger partial charge in [0.25, 0.3) is 0 Å². The van der Waals surface area contributed by atoms with Gasteiger partial charge in [-0.05, 0) is 12.6 Å². The summed E-state index contributed by atoms with van der Waals surface area (Å²) in [4.78, 5) is 5.79. The summed E-state index contributed by atoms with van der Waals surface area (Å²) in [6.45, 7) is 1.15. The van der Waals surface area contributed by atoms with Crippen LogP contribution < -0.4 is 4.74 Å². The first-order valence-electron chi connectivity index (χ1n) is 5.41. The number of methoxy groups -OCH3 is 1. The van der Waals surface area contributed by atoms with Gasteiger partial charge in [-0.25, -0.2) is 4.98 Å². The number of alkyl halides is 3. The van der Waals surface area contributed by atoms with Crippen LogP contribution in [0.25, 0.3) is 5.57 Å². The van der Waals surface area contributed by atoms with E-state index >= 15 is 0 Å². The minimum absolute atomic E-state index is 0.0296. The van der Waals surface area contributed by atoms with Gasteiger partial charge in [0.15, 0.2) is 0 Å². The van der Waals surface area contributed by atoms with Crippen molar-refractivity contribution >= 4 is 5.57 Å². The molecule has 0 aliphatic carbocycles. The van der Waals surface area contributed by atoms with E-state index in [1.54, 1.807) is 6.08 Å². The van der Waals surface area contributed by atoms with E-state index in [1.165, 1.54) is 13.3 Å². The third kappa shape index (κ3) is 2.48. The van der Waals surface area contributed by atoms with E-state index in [4.69, 9.17) is 4.74 Å². The van der Waals surface area contributed by atoms with E-state index in [0.717, 1.165) is 6.07 Å². The van der Waals surface area contributed by atoms with E-state index in [1.807, 2.05) is 11.9 Å². The molecular formula is C12H13F3N2O. The summed E-state index contributed by atoms with van der Waals surface area (Å²) in [6, 6.07) is 0.939. The van der Waals surface area contributed by atoms with Crippen LogP contribution in [-0.2, 0) is 6.18 Å². The van der Waals surface area contributed by atoms with Gasteiger partial charge in [-0.1, -0.05) is 6.08 Å². The van der Waals surface area contributed by atoms with E-state index in [0.29, 0.717) is 18.7 Å². The summed E-state index contributed by atoms with van der Waals surface area (Å²) in [5.41, 5.74) is 0.0866. The third-order valence-electron chi connectivity index (χ3n) is 2.83. The molecule has 98 valence electrons. The van der Waals surface area contributed by atoms with Crippen LogP contribution in [-0.4, -0.2) is 37.1 Å². The van der Waals surface area contributed by atoms with Crippen LogP contribution in [0.5, 0.6) is 5.88 Å². The van der Waals surface area contributed by atoms with Crippen molar-refractivity contribution in [2.75, 3.05) is 27.2 Å². The van der Waals surface area contributed by atoms with Crippen molar-refractivity contribution in [1.29, 1.82) is 0 Å². The quantitative estimate of drug-likeness (QED) is 0.814. The molecule has 1 aliphatic rings. The van der Waals surface area contributed by atoms with Crippen molar-refractivity contribution in [3.8, 4) is 5.88 Å². The summed E-state index contributed by atoms with van der Waals surface area (Å²) in [5, 5.41) is 0.